The summed E-state index contributed by atoms with van der Waals surface area (Å²) < 4.78 is 12.9. The maximum atomic E-state index is 12.9. The zero-order valence-electron chi connectivity index (χ0n) is 16.1. The number of hydrogen-bond acceptors (Lipinski definition) is 5. The first kappa shape index (κ1) is 21.0. The first-order valence-electron chi connectivity index (χ1n) is 9.29. The smallest absolute Gasteiger partial charge is 0.242 e. The van der Waals surface area contributed by atoms with Gasteiger partial charge in [0.2, 0.25) is 11.8 Å². The van der Waals surface area contributed by atoms with Crippen LogP contribution in [0.15, 0.2) is 42.6 Å². The van der Waals surface area contributed by atoms with Crippen molar-refractivity contribution in [1.82, 2.24) is 14.8 Å². The van der Waals surface area contributed by atoms with Gasteiger partial charge in [0, 0.05) is 45.1 Å². The zero-order valence-corrected chi connectivity index (χ0v) is 16.9. The number of halogens is 2. The highest BCUT2D eigenvalue weighted by atomic mass is 35.5. The first-order chi connectivity index (χ1) is 13.9. The number of benzene rings is 1. The van der Waals surface area contributed by atoms with Crippen LogP contribution in [0.3, 0.4) is 0 Å². The van der Waals surface area contributed by atoms with E-state index in [4.69, 9.17) is 11.6 Å². The second-order valence-electron chi connectivity index (χ2n) is 6.90. The summed E-state index contributed by atoms with van der Waals surface area (Å²) in [4.78, 5) is 34.5. The Morgan fingerprint density at radius 3 is 2.45 bits per heavy atom. The summed E-state index contributed by atoms with van der Waals surface area (Å²) in [5.41, 5.74) is 0.559. The summed E-state index contributed by atoms with van der Waals surface area (Å²) in [5, 5.41) is 3.30. The average Bonchev–Trinajstić information content (AvgIpc) is 2.70. The molecule has 7 nitrogen and oxygen atoms in total. The van der Waals surface area contributed by atoms with Gasteiger partial charge in [-0.15, -0.1) is 0 Å². The van der Waals surface area contributed by atoms with Gasteiger partial charge in [-0.25, -0.2) is 9.37 Å². The predicted octanol–water partition coefficient (Wildman–Crippen LogP) is 2.09. The lowest BCUT2D eigenvalue weighted by molar-refractivity contribution is -0.131. The van der Waals surface area contributed by atoms with Crippen LogP contribution < -0.4 is 10.2 Å². The number of nitrogens with zero attached hydrogens (tertiary/aromatic N) is 4. The molecule has 2 heterocycles. The molecular weight excluding hydrogens is 397 g/mol. The molecule has 2 amide bonds. The Balaban J connectivity index is 1.42. The highest BCUT2D eigenvalue weighted by Crippen LogP contribution is 2.13. The largest absolute Gasteiger partial charge is 0.350 e. The van der Waals surface area contributed by atoms with Gasteiger partial charge in [-0.1, -0.05) is 11.6 Å². The van der Waals surface area contributed by atoms with Crippen molar-refractivity contribution in [3.8, 4) is 0 Å². The molecule has 1 saturated heterocycles. The SMILES string of the molecule is CN(CC(=O)N1CCN(CC(=O)Nc2ccc(F)cc2)CC1)c1ccc(Cl)cn1. The van der Waals surface area contributed by atoms with E-state index in [9.17, 15) is 14.0 Å². The molecule has 0 bridgehead atoms. The van der Waals surface area contributed by atoms with E-state index in [1.807, 2.05) is 11.9 Å². The van der Waals surface area contributed by atoms with Crippen molar-refractivity contribution >= 4 is 34.9 Å². The Bertz CT molecular complexity index is 839. The Labute approximate surface area is 174 Å². The molecule has 1 N–H and O–H groups in total. The molecule has 0 unspecified atom stereocenters. The van der Waals surface area contributed by atoms with Gasteiger partial charge in [-0.3, -0.25) is 14.5 Å². The second-order valence-corrected chi connectivity index (χ2v) is 7.34. The minimum Gasteiger partial charge on any atom is -0.350 e. The van der Waals surface area contributed by atoms with Crippen LogP contribution in [0.1, 0.15) is 0 Å². The van der Waals surface area contributed by atoms with E-state index in [2.05, 4.69) is 10.3 Å². The van der Waals surface area contributed by atoms with Crippen molar-refractivity contribution in [3.63, 3.8) is 0 Å². The van der Waals surface area contributed by atoms with E-state index >= 15 is 0 Å². The van der Waals surface area contributed by atoms with Crippen LogP contribution in [0.5, 0.6) is 0 Å². The molecule has 1 aromatic heterocycles. The fourth-order valence-electron chi connectivity index (χ4n) is 3.07. The minimum absolute atomic E-state index is 0.0136. The van der Waals surface area contributed by atoms with Crippen molar-refractivity contribution in [2.75, 3.05) is 56.5 Å². The molecule has 0 spiro atoms. The molecule has 3 rings (SSSR count). The van der Waals surface area contributed by atoms with Crippen LogP contribution in [0, 0.1) is 5.82 Å². The molecule has 9 heteroatoms. The molecule has 0 aliphatic carbocycles. The molecule has 0 saturated carbocycles. The number of rotatable bonds is 6. The average molecular weight is 420 g/mol. The molecule has 0 radical (unpaired) electrons. The summed E-state index contributed by atoms with van der Waals surface area (Å²) in [5.74, 6) is 0.185. The van der Waals surface area contributed by atoms with Crippen molar-refractivity contribution < 1.29 is 14.0 Å². The summed E-state index contributed by atoms with van der Waals surface area (Å²) in [6.07, 6.45) is 1.55. The van der Waals surface area contributed by atoms with Crippen molar-refractivity contribution in [3.05, 3.63) is 53.4 Å². The second kappa shape index (κ2) is 9.67. The number of anilines is 2. The van der Waals surface area contributed by atoms with Crippen LogP contribution in [0.4, 0.5) is 15.9 Å². The number of carbonyl (C=O) groups is 2. The zero-order chi connectivity index (χ0) is 20.8. The van der Waals surface area contributed by atoms with Crippen LogP contribution in [0.25, 0.3) is 0 Å². The molecule has 2 aromatic rings. The number of likely N-dealkylation sites (N-methyl/N-ethyl adjacent to an activating group) is 1. The Morgan fingerprint density at radius 1 is 1.14 bits per heavy atom. The normalized spacial score (nSPS) is 14.5. The molecule has 29 heavy (non-hydrogen) atoms. The van der Waals surface area contributed by atoms with E-state index in [1.165, 1.54) is 24.3 Å². The van der Waals surface area contributed by atoms with Crippen LogP contribution in [-0.4, -0.2) is 72.9 Å². The lowest BCUT2D eigenvalue weighted by atomic mass is 10.3. The Hall–Kier alpha value is -2.71. The van der Waals surface area contributed by atoms with Crippen molar-refractivity contribution in [2.45, 2.75) is 0 Å². The van der Waals surface area contributed by atoms with Gasteiger partial charge < -0.3 is 15.1 Å². The van der Waals surface area contributed by atoms with Gasteiger partial charge in [-0.2, -0.15) is 0 Å². The number of hydrogen-bond donors (Lipinski definition) is 1. The number of pyridine rings is 1. The molecular formula is C20H23ClFN5O2. The van der Waals surface area contributed by atoms with Gasteiger partial charge in [0.1, 0.15) is 11.6 Å². The highest BCUT2D eigenvalue weighted by molar-refractivity contribution is 6.30. The van der Waals surface area contributed by atoms with Gasteiger partial charge in [0.25, 0.3) is 0 Å². The molecule has 1 aliphatic heterocycles. The topological polar surface area (TPSA) is 68.8 Å². The monoisotopic (exact) mass is 419 g/mol. The standard InChI is InChI=1S/C20H23ClFN5O2/c1-25(18-7-2-15(21)12-23-18)14-20(29)27-10-8-26(9-11-27)13-19(28)24-17-5-3-16(22)4-6-17/h2-7,12H,8-11,13-14H2,1H3,(H,24,28). The van der Waals surface area contributed by atoms with Crippen molar-refractivity contribution in [1.29, 1.82) is 0 Å². The third-order valence-corrected chi connectivity index (χ3v) is 4.92. The number of amides is 2. The highest BCUT2D eigenvalue weighted by Gasteiger charge is 2.23. The van der Waals surface area contributed by atoms with Crippen molar-refractivity contribution in [2.24, 2.45) is 0 Å². The van der Waals surface area contributed by atoms with Crippen LogP contribution >= 0.6 is 11.6 Å². The lowest BCUT2D eigenvalue weighted by Crippen LogP contribution is -2.52. The summed E-state index contributed by atoms with van der Waals surface area (Å²) in [6, 6.07) is 9.16. The quantitative estimate of drug-likeness (QED) is 0.776. The minimum atomic E-state index is -0.346. The molecule has 1 fully saturated rings. The Kier molecular flexibility index (Phi) is 7.00. The maximum Gasteiger partial charge on any atom is 0.242 e. The van der Waals surface area contributed by atoms with E-state index in [0.29, 0.717) is 42.7 Å². The summed E-state index contributed by atoms with van der Waals surface area (Å²) >= 11 is 5.84. The summed E-state index contributed by atoms with van der Waals surface area (Å²) in [7, 11) is 1.81. The molecule has 154 valence electrons. The lowest BCUT2D eigenvalue weighted by Gasteiger charge is -2.35. The Morgan fingerprint density at radius 2 is 1.83 bits per heavy atom. The van der Waals surface area contributed by atoms with Gasteiger partial charge in [0.05, 0.1) is 18.1 Å². The van der Waals surface area contributed by atoms with Crippen LogP contribution in [0.2, 0.25) is 5.02 Å². The third kappa shape index (κ3) is 6.13. The molecule has 0 atom stereocenters. The predicted molar refractivity (Wildman–Crippen MR) is 111 cm³/mol. The fourth-order valence-corrected chi connectivity index (χ4v) is 3.18. The molecule has 1 aliphatic rings. The first-order valence-corrected chi connectivity index (χ1v) is 9.67. The van der Waals surface area contributed by atoms with E-state index < -0.39 is 0 Å². The van der Waals surface area contributed by atoms with E-state index in [-0.39, 0.29) is 30.7 Å². The van der Waals surface area contributed by atoms with E-state index in [1.54, 1.807) is 28.1 Å². The van der Waals surface area contributed by atoms with Gasteiger partial charge >= 0.3 is 0 Å². The number of piperazine rings is 1. The summed E-state index contributed by atoms with van der Waals surface area (Å²) in [6.45, 7) is 2.81. The maximum absolute atomic E-state index is 12.9. The fraction of sp³-hybridized carbons (Fsp3) is 0.350. The number of nitrogens with one attached hydrogen (secondary N) is 1. The van der Waals surface area contributed by atoms with Gasteiger partial charge in [-0.05, 0) is 36.4 Å². The number of aromatic nitrogens is 1. The number of carbonyl (C=O) groups excluding carboxylic acids is 2. The van der Waals surface area contributed by atoms with Gasteiger partial charge in [0.15, 0.2) is 0 Å². The van der Waals surface area contributed by atoms with E-state index in [0.717, 1.165) is 0 Å². The third-order valence-electron chi connectivity index (χ3n) is 4.70. The van der Waals surface area contributed by atoms with Crippen LogP contribution in [-0.2, 0) is 9.59 Å². The molecule has 1 aromatic carbocycles.